The molecule has 0 aliphatic carbocycles. The van der Waals surface area contributed by atoms with Crippen LogP contribution in [0.5, 0.6) is 5.75 Å². The number of para-hydroxylation sites is 1. The SMILES string of the molecule is COc1ccccc1S(=O)/C(C#N)=C/c1ccccc1C(F)(F)F. The normalized spacial score (nSPS) is 13.2. The van der Waals surface area contributed by atoms with Gasteiger partial charge >= 0.3 is 6.18 Å². The van der Waals surface area contributed by atoms with Crippen LogP contribution >= 0.6 is 0 Å². The molecule has 0 fully saturated rings. The Balaban J connectivity index is 2.52. The second-order valence-electron chi connectivity index (χ2n) is 4.62. The van der Waals surface area contributed by atoms with E-state index in [1.807, 2.05) is 0 Å². The van der Waals surface area contributed by atoms with Gasteiger partial charge in [0, 0.05) is 0 Å². The van der Waals surface area contributed by atoms with E-state index >= 15 is 0 Å². The third kappa shape index (κ3) is 3.84. The third-order valence-electron chi connectivity index (χ3n) is 3.13. The van der Waals surface area contributed by atoms with Crippen LogP contribution in [-0.4, -0.2) is 11.3 Å². The number of alkyl halides is 3. The van der Waals surface area contributed by atoms with Crippen LogP contribution < -0.4 is 4.74 Å². The van der Waals surface area contributed by atoms with E-state index in [9.17, 15) is 22.6 Å². The molecule has 0 saturated heterocycles. The average Bonchev–Trinajstić information content (AvgIpc) is 2.58. The van der Waals surface area contributed by atoms with E-state index in [0.29, 0.717) is 5.75 Å². The summed E-state index contributed by atoms with van der Waals surface area (Å²) in [5.74, 6) is 0.293. The minimum Gasteiger partial charge on any atom is -0.495 e. The van der Waals surface area contributed by atoms with Crippen molar-refractivity contribution in [1.82, 2.24) is 0 Å². The van der Waals surface area contributed by atoms with E-state index < -0.39 is 22.5 Å². The van der Waals surface area contributed by atoms with E-state index in [2.05, 4.69) is 0 Å². The van der Waals surface area contributed by atoms with Gasteiger partial charge in [-0.15, -0.1) is 0 Å². The summed E-state index contributed by atoms with van der Waals surface area (Å²) in [7, 11) is -0.581. The van der Waals surface area contributed by atoms with Crippen molar-refractivity contribution >= 4 is 16.9 Å². The molecule has 1 unspecified atom stereocenters. The summed E-state index contributed by atoms with van der Waals surface area (Å²) in [6.07, 6.45) is -3.58. The summed E-state index contributed by atoms with van der Waals surface area (Å²) in [5.41, 5.74) is -1.11. The highest BCUT2D eigenvalue weighted by molar-refractivity contribution is 7.89. The number of nitriles is 1. The second kappa shape index (κ2) is 7.32. The van der Waals surface area contributed by atoms with Gasteiger partial charge in [-0.3, -0.25) is 0 Å². The Morgan fingerprint density at radius 2 is 1.79 bits per heavy atom. The van der Waals surface area contributed by atoms with Crippen molar-refractivity contribution in [1.29, 1.82) is 5.26 Å². The van der Waals surface area contributed by atoms with Gasteiger partial charge in [-0.2, -0.15) is 18.4 Å². The molecule has 0 amide bonds. The number of rotatable bonds is 4. The van der Waals surface area contributed by atoms with Crippen molar-refractivity contribution in [3.63, 3.8) is 0 Å². The fourth-order valence-corrected chi connectivity index (χ4v) is 3.13. The lowest BCUT2D eigenvalue weighted by Crippen LogP contribution is -2.07. The molecule has 0 spiro atoms. The van der Waals surface area contributed by atoms with Gasteiger partial charge in [0.2, 0.25) is 0 Å². The molecule has 2 aromatic carbocycles. The average molecular weight is 351 g/mol. The second-order valence-corrected chi connectivity index (χ2v) is 6.04. The Kier molecular flexibility index (Phi) is 5.42. The molecule has 3 nitrogen and oxygen atoms in total. The first kappa shape index (κ1) is 17.8. The Labute approximate surface area is 139 Å². The third-order valence-corrected chi connectivity index (χ3v) is 4.48. The summed E-state index contributed by atoms with van der Waals surface area (Å²) >= 11 is 0. The number of allylic oxidation sites excluding steroid dienone is 1. The van der Waals surface area contributed by atoms with Crippen LogP contribution in [0.2, 0.25) is 0 Å². The maximum Gasteiger partial charge on any atom is 0.416 e. The smallest absolute Gasteiger partial charge is 0.416 e. The lowest BCUT2D eigenvalue weighted by molar-refractivity contribution is -0.137. The summed E-state index contributed by atoms with van der Waals surface area (Å²) in [5, 5.41) is 9.24. The van der Waals surface area contributed by atoms with E-state index in [1.54, 1.807) is 24.3 Å². The Morgan fingerprint density at radius 3 is 2.42 bits per heavy atom. The highest BCUT2D eigenvalue weighted by Crippen LogP contribution is 2.33. The largest absolute Gasteiger partial charge is 0.495 e. The molecule has 0 N–H and O–H groups in total. The van der Waals surface area contributed by atoms with Crippen molar-refractivity contribution in [2.45, 2.75) is 11.1 Å². The fraction of sp³-hybridized carbons (Fsp3) is 0.118. The first-order valence-electron chi connectivity index (χ1n) is 6.71. The van der Waals surface area contributed by atoms with Gasteiger partial charge in [-0.1, -0.05) is 30.3 Å². The van der Waals surface area contributed by atoms with Crippen LogP contribution in [0.25, 0.3) is 6.08 Å². The van der Waals surface area contributed by atoms with Crippen molar-refractivity contribution in [3.8, 4) is 11.8 Å². The summed E-state index contributed by atoms with van der Waals surface area (Å²) in [4.78, 5) is -0.0755. The maximum absolute atomic E-state index is 13.0. The highest BCUT2D eigenvalue weighted by atomic mass is 32.2. The summed E-state index contributed by atoms with van der Waals surface area (Å²) in [6, 6.07) is 12.8. The molecule has 0 aliphatic heterocycles. The molecule has 0 bridgehead atoms. The molecule has 0 aliphatic rings. The Hall–Kier alpha value is -2.59. The molecule has 2 aromatic rings. The molecule has 7 heteroatoms. The number of hydrogen-bond acceptors (Lipinski definition) is 3. The first-order chi connectivity index (χ1) is 11.4. The maximum atomic E-state index is 13.0. The van der Waals surface area contributed by atoms with Crippen LogP contribution in [0.1, 0.15) is 11.1 Å². The van der Waals surface area contributed by atoms with E-state index in [1.165, 1.54) is 31.4 Å². The van der Waals surface area contributed by atoms with Crippen LogP contribution in [0, 0.1) is 11.3 Å². The standard InChI is InChI=1S/C17H12F3NO2S/c1-23-15-8-4-5-9-16(15)24(22)13(11-21)10-12-6-2-3-7-14(12)17(18,19)20/h2-10H,1H3/b13-10+. The van der Waals surface area contributed by atoms with Crippen molar-refractivity contribution in [2.75, 3.05) is 7.11 Å². The number of nitrogens with zero attached hydrogens (tertiary/aromatic N) is 1. The minimum absolute atomic E-state index is 0.218. The Morgan fingerprint density at radius 1 is 1.17 bits per heavy atom. The number of ether oxygens (including phenoxy) is 1. The molecule has 0 aromatic heterocycles. The van der Waals surface area contributed by atoms with Crippen LogP contribution in [-0.2, 0) is 17.0 Å². The molecule has 0 heterocycles. The molecular weight excluding hydrogens is 339 g/mol. The van der Waals surface area contributed by atoms with E-state index in [0.717, 1.165) is 12.1 Å². The van der Waals surface area contributed by atoms with Gasteiger partial charge < -0.3 is 4.74 Å². The van der Waals surface area contributed by atoms with Gasteiger partial charge in [0.1, 0.15) is 16.7 Å². The molecule has 2 rings (SSSR count). The molecule has 24 heavy (non-hydrogen) atoms. The number of methoxy groups -OCH3 is 1. The van der Waals surface area contributed by atoms with E-state index in [-0.39, 0.29) is 15.4 Å². The first-order valence-corrected chi connectivity index (χ1v) is 7.86. The zero-order chi connectivity index (χ0) is 17.7. The predicted octanol–water partition coefficient (Wildman–Crippen LogP) is 4.39. The molecular formula is C17H12F3NO2S. The van der Waals surface area contributed by atoms with Gasteiger partial charge in [0.15, 0.2) is 0 Å². The molecule has 1 atom stereocenters. The van der Waals surface area contributed by atoms with Crippen molar-refractivity contribution in [2.24, 2.45) is 0 Å². The Bertz CT molecular complexity index is 838. The van der Waals surface area contributed by atoms with Crippen molar-refractivity contribution < 1.29 is 22.1 Å². The lowest BCUT2D eigenvalue weighted by atomic mass is 10.1. The monoisotopic (exact) mass is 351 g/mol. The quantitative estimate of drug-likeness (QED) is 0.768. The zero-order valence-electron chi connectivity index (χ0n) is 12.5. The number of benzene rings is 2. The van der Waals surface area contributed by atoms with Crippen LogP contribution in [0.15, 0.2) is 58.3 Å². The van der Waals surface area contributed by atoms with E-state index in [4.69, 9.17) is 4.74 Å². The van der Waals surface area contributed by atoms with Crippen molar-refractivity contribution in [3.05, 3.63) is 64.6 Å². The van der Waals surface area contributed by atoms with Gasteiger partial charge in [-0.25, -0.2) is 4.21 Å². The molecule has 0 saturated carbocycles. The summed E-state index contributed by atoms with van der Waals surface area (Å²) in [6.45, 7) is 0. The zero-order valence-corrected chi connectivity index (χ0v) is 13.3. The predicted molar refractivity (Wildman–Crippen MR) is 84.4 cm³/mol. The number of hydrogen-bond donors (Lipinski definition) is 0. The van der Waals surface area contributed by atoms with Gasteiger partial charge in [0.05, 0.1) is 28.4 Å². The van der Waals surface area contributed by atoms with Gasteiger partial charge in [-0.05, 0) is 29.8 Å². The highest BCUT2D eigenvalue weighted by Gasteiger charge is 2.32. The summed E-state index contributed by atoms with van der Waals surface area (Å²) < 4.78 is 56.8. The minimum atomic E-state index is -4.57. The fourth-order valence-electron chi connectivity index (χ4n) is 2.04. The number of halogens is 3. The topological polar surface area (TPSA) is 50.1 Å². The van der Waals surface area contributed by atoms with Crippen LogP contribution in [0.4, 0.5) is 13.2 Å². The molecule has 124 valence electrons. The van der Waals surface area contributed by atoms with Crippen LogP contribution in [0.3, 0.4) is 0 Å². The lowest BCUT2D eigenvalue weighted by Gasteiger charge is -2.11. The van der Waals surface area contributed by atoms with Gasteiger partial charge in [0.25, 0.3) is 0 Å². The molecule has 0 radical (unpaired) electrons.